The van der Waals surface area contributed by atoms with Crippen LogP contribution in [0.2, 0.25) is 5.15 Å². The molecule has 0 aliphatic rings. The van der Waals surface area contributed by atoms with Crippen LogP contribution in [-0.4, -0.2) is 19.6 Å². The van der Waals surface area contributed by atoms with Gasteiger partial charge in [0.05, 0.1) is 0 Å². The summed E-state index contributed by atoms with van der Waals surface area (Å²) >= 11 is 5.53. The fraction of sp³-hybridized carbons (Fsp3) is 0.167. The molecule has 2 rings (SSSR count). The molecule has 0 atom stereocenters. The van der Waals surface area contributed by atoms with E-state index in [1.165, 1.54) is 12.4 Å². The predicted octanol–water partition coefficient (Wildman–Crippen LogP) is 1.72. The van der Waals surface area contributed by atoms with Crippen molar-refractivity contribution in [1.82, 2.24) is 19.6 Å². The van der Waals surface area contributed by atoms with E-state index < -0.39 is 12.2 Å². The molecule has 0 aliphatic carbocycles. The molecular formula is C6H3ClF2N4. The number of halogens is 3. The minimum Gasteiger partial charge on any atom is -0.264 e. The summed E-state index contributed by atoms with van der Waals surface area (Å²) in [5.74, 6) is -0.431. The van der Waals surface area contributed by atoms with Crippen LogP contribution in [0.4, 0.5) is 8.78 Å². The van der Waals surface area contributed by atoms with Crippen LogP contribution in [0.3, 0.4) is 0 Å². The highest BCUT2D eigenvalue weighted by Gasteiger charge is 2.15. The number of nitrogens with zero attached hydrogens (tertiary/aromatic N) is 4. The summed E-state index contributed by atoms with van der Waals surface area (Å²) in [4.78, 5) is 3.64. The highest BCUT2D eigenvalue weighted by molar-refractivity contribution is 6.29. The molecule has 13 heavy (non-hydrogen) atoms. The SMILES string of the molecule is FC(F)c1nnc2cc(Cl)ncn12. The summed E-state index contributed by atoms with van der Waals surface area (Å²) in [7, 11) is 0. The Morgan fingerprint density at radius 1 is 1.38 bits per heavy atom. The summed E-state index contributed by atoms with van der Waals surface area (Å²) < 4.78 is 25.6. The lowest BCUT2D eigenvalue weighted by Crippen LogP contribution is -1.95. The normalized spacial score (nSPS) is 11.4. The van der Waals surface area contributed by atoms with Crippen molar-refractivity contribution < 1.29 is 8.78 Å². The molecule has 0 unspecified atom stereocenters. The molecule has 0 spiro atoms. The van der Waals surface area contributed by atoms with E-state index in [0.717, 1.165) is 4.40 Å². The summed E-state index contributed by atoms with van der Waals surface area (Å²) in [6, 6.07) is 1.36. The molecule has 0 aromatic carbocycles. The molecule has 0 radical (unpaired) electrons. The largest absolute Gasteiger partial charge is 0.297 e. The third-order valence-corrected chi connectivity index (χ3v) is 1.70. The molecule has 0 saturated carbocycles. The highest BCUT2D eigenvalue weighted by Crippen LogP contribution is 2.17. The lowest BCUT2D eigenvalue weighted by molar-refractivity contribution is 0.139. The van der Waals surface area contributed by atoms with Crippen molar-refractivity contribution in [2.45, 2.75) is 6.43 Å². The Morgan fingerprint density at radius 3 is 2.85 bits per heavy atom. The van der Waals surface area contributed by atoms with Crippen molar-refractivity contribution in [2.24, 2.45) is 0 Å². The topological polar surface area (TPSA) is 43.1 Å². The first-order valence-corrected chi connectivity index (χ1v) is 3.70. The van der Waals surface area contributed by atoms with Crippen molar-refractivity contribution in [3.63, 3.8) is 0 Å². The van der Waals surface area contributed by atoms with Gasteiger partial charge in [0, 0.05) is 6.07 Å². The molecule has 7 heteroatoms. The third-order valence-electron chi connectivity index (χ3n) is 1.49. The van der Waals surface area contributed by atoms with Gasteiger partial charge < -0.3 is 0 Å². The summed E-state index contributed by atoms with van der Waals surface area (Å²) in [5, 5.41) is 7.00. The minimum absolute atomic E-state index is 0.195. The van der Waals surface area contributed by atoms with Gasteiger partial charge in [0.15, 0.2) is 5.65 Å². The van der Waals surface area contributed by atoms with Gasteiger partial charge >= 0.3 is 0 Å². The van der Waals surface area contributed by atoms with E-state index in [2.05, 4.69) is 15.2 Å². The third kappa shape index (κ3) is 1.33. The van der Waals surface area contributed by atoms with E-state index in [1.54, 1.807) is 0 Å². The van der Waals surface area contributed by atoms with Crippen LogP contribution >= 0.6 is 11.6 Å². The highest BCUT2D eigenvalue weighted by atomic mass is 35.5. The van der Waals surface area contributed by atoms with E-state index in [1.807, 2.05) is 0 Å². The number of aromatic nitrogens is 4. The van der Waals surface area contributed by atoms with Gasteiger partial charge in [0.2, 0.25) is 5.82 Å². The van der Waals surface area contributed by atoms with Gasteiger partial charge in [-0.3, -0.25) is 4.40 Å². The van der Waals surface area contributed by atoms with E-state index >= 15 is 0 Å². The predicted molar refractivity (Wildman–Crippen MR) is 40.7 cm³/mol. The zero-order valence-corrected chi connectivity index (χ0v) is 6.91. The van der Waals surface area contributed by atoms with Crippen molar-refractivity contribution in [2.75, 3.05) is 0 Å². The molecule has 2 aromatic heterocycles. The summed E-state index contributed by atoms with van der Waals surface area (Å²) in [6.45, 7) is 0. The molecule has 0 fully saturated rings. The fourth-order valence-corrected chi connectivity index (χ4v) is 1.08. The number of hydrogen-bond acceptors (Lipinski definition) is 3. The molecule has 0 aliphatic heterocycles. The average molecular weight is 205 g/mol. The van der Waals surface area contributed by atoms with Gasteiger partial charge in [-0.05, 0) is 0 Å². The van der Waals surface area contributed by atoms with Crippen molar-refractivity contribution in [3.05, 3.63) is 23.4 Å². The standard InChI is InChI=1S/C6H3ClF2N4/c7-3-1-4-11-12-6(5(8)9)13(4)2-10-3/h1-2,5H. The first kappa shape index (κ1) is 8.31. The Labute approximate surface area is 76.2 Å². The number of rotatable bonds is 1. The van der Waals surface area contributed by atoms with Gasteiger partial charge in [0.1, 0.15) is 11.5 Å². The quantitative estimate of drug-likeness (QED) is 0.665. The van der Waals surface area contributed by atoms with Crippen LogP contribution in [0.5, 0.6) is 0 Å². The Kier molecular flexibility index (Phi) is 1.84. The summed E-state index contributed by atoms with van der Waals surface area (Å²) in [5.41, 5.74) is 0.260. The maximum absolute atomic E-state index is 12.2. The first-order valence-electron chi connectivity index (χ1n) is 3.33. The van der Waals surface area contributed by atoms with Crippen molar-refractivity contribution >= 4 is 17.2 Å². The molecule has 0 bridgehead atoms. The maximum Gasteiger partial charge on any atom is 0.297 e. The number of fused-ring (bicyclic) bond motifs is 1. The van der Waals surface area contributed by atoms with Crippen LogP contribution < -0.4 is 0 Å². The lowest BCUT2D eigenvalue weighted by Gasteiger charge is -1.96. The molecule has 0 saturated heterocycles. The molecule has 4 nitrogen and oxygen atoms in total. The number of hydrogen-bond donors (Lipinski definition) is 0. The van der Waals surface area contributed by atoms with Crippen LogP contribution in [0, 0.1) is 0 Å². The second-order valence-corrected chi connectivity index (χ2v) is 2.69. The Hall–Kier alpha value is -1.30. The van der Waals surface area contributed by atoms with Crippen LogP contribution in [0.15, 0.2) is 12.4 Å². The van der Waals surface area contributed by atoms with Gasteiger partial charge in [-0.1, -0.05) is 11.6 Å². The zero-order valence-electron chi connectivity index (χ0n) is 6.15. The molecule has 68 valence electrons. The maximum atomic E-state index is 12.2. The Balaban J connectivity index is 2.69. The first-order chi connectivity index (χ1) is 6.18. The van der Waals surface area contributed by atoms with Crippen molar-refractivity contribution in [3.8, 4) is 0 Å². The van der Waals surface area contributed by atoms with Crippen LogP contribution in [0.1, 0.15) is 12.2 Å². The molecular weight excluding hydrogens is 202 g/mol. The Morgan fingerprint density at radius 2 is 2.15 bits per heavy atom. The van der Waals surface area contributed by atoms with E-state index in [0.29, 0.717) is 0 Å². The molecule has 2 aromatic rings. The van der Waals surface area contributed by atoms with Gasteiger partial charge in [-0.2, -0.15) is 0 Å². The lowest BCUT2D eigenvalue weighted by atomic mass is 10.6. The van der Waals surface area contributed by atoms with E-state index in [-0.39, 0.29) is 10.8 Å². The van der Waals surface area contributed by atoms with Gasteiger partial charge in [-0.15, -0.1) is 10.2 Å². The Bertz CT molecular complexity index is 441. The monoisotopic (exact) mass is 204 g/mol. The average Bonchev–Trinajstić information content (AvgIpc) is 2.46. The smallest absolute Gasteiger partial charge is 0.264 e. The number of alkyl halides is 2. The van der Waals surface area contributed by atoms with E-state index in [9.17, 15) is 8.78 Å². The minimum atomic E-state index is -2.67. The fourth-order valence-electron chi connectivity index (χ4n) is 0.938. The second kappa shape index (κ2) is 2.88. The molecule has 0 amide bonds. The molecule has 0 N–H and O–H groups in total. The van der Waals surface area contributed by atoms with Crippen LogP contribution in [0.25, 0.3) is 5.65 Å². The van der Waals surface area contributed by atoms with Crippen molar-refractivity contribution in [1.29, 1.82) is 0 Å². The zero-order chi connectivity index (χ0) is 9.42. The molecule has 2 heterocycles. The second-order valence-electron chi connectivity index (χ2n) is 2.30. The van der Waals surface area contributed by atoms with Crippen LogP contribution in [-0.2, 0) is 0 Å². The van der Waals surface area contributed by atoms with E-state index in [4.69, 9.17) is 11.6 Å². The van der Waals surface area contributed by atoms with Gasteiger partial charge in [-0.25, -0.2) is 13.8 Å². The summed E-state index contributed by atoms with van der Waals surface area (Å²) in [6.07, 6.45) is -1.50. The van der Waals surface area contributed by atoms with Gasteiger partial charge in [0.25, 0.3) is 6.43 Å².